The van der Waals surface area contributed by atoms with E-state index in [9.17, 15) is 4.79 Å². The van der Waals surface area contributed by atoms with E-state index in [4.69, 9.17) is 0 Å². The highest BCUT2D eigenvalue weighted by Crippen LogP contribution is 2.27. The number of rotatable bonds is 1. The smallest absolute Gasteiger partial charge is 0.159 e. The number of carbonyl (C=O) groups excluding carboxylic acids is 1. The van der Waals surface area contributed by atoms with Crippen molar-refractivity contribution in [3.8, 4) is 0 Å². The van der Waals surface area contributed by atoms with Crippen LogP contribution in [0, 0.1) is 6.92 Å². The van der Waals surface area contributed by atoms with Crippen LogP contribution < -0.4 is 0 Å². The van der Waals surface area contributed by atoms with Gasteiger partial charge in [0.05, 0.1) is 0 Å². The Labute approximate surface area is 106 Å². The second-order valence-electron chi connectivity index (χ2n) is 4.78. The lowest BCUT2D eigenvalue weighted by Gasteiger charge is -2.06. The molecule has 18 heavy (non-hydrogen) atoms. The van der Waals surface area contributed by atoms with Crippen molar-refractivity contribution in [3.63, 3.8) is 0 Å². The van der Waals surface area contributed by atoms with Crippen molar-refractivity contribution in [2.24, 2.45) is 0 Å². The van der Waals surface area contributed by atoms with Crippen molar-refractivity contribution < 1.29 is 4.79 Å². The summed E-state index contributed by atoms with van der Waals surface area (Å²) in [6, 6.07) is 16.6. The molecule has 0 radical (unpaired) electrons. The number of fused-ring (bicyclic) bond motifs is 3. The van der Waals surface area contributed by atoms with E-state index >= 15 is 0 Å². The number of benzene rings is 3. The van der Waals surface area contributed by atoms with E-state index < -0.39 is 0 Å². The van der Waals surface area contributed by atoms with Gasteiger partial charge in [-0.15, -0.1) is 0 Å². The zero-order valence-corrected chi connectivity index (χ0v) is 10.5. The van der Waals surface area contributed by atoms with Crippen LogP contribution in [0.3, 0.4) is 0 Å². The molecule has 0 aliphatic rings. The average molecular weight is 234 g/mol. The normalized spacial score (nSPS) is 11.0. The minimum absolute atomic E-state index is 0.112. The number of aryl methyl sites for hydroxylation is 1. The van der Waals surface area contributed by atoms with E-state index in [1.54, 1.807) is 6.92 Å². The fourth-order valence-electron chi connectivity index (χ4n) is 2.41. The first-order chi connectivity index (χ1) is 8.65. The van der Waals surface area contributed by atoms with Crippen molar-refractivity contribution in [2.45, 2.75) is 13.8 Å². The maximum atomic E-state index is 11.4. The highest BCUT2D eigenvalue weighted by molar-refractivity contribution is 6.09. The topological polar surface area (TPSA) is 17.1 Å². The van der Waals surface area contributed by atoms with E-state index in [-0.39, 0.29) is 5.78 Å². The highest BCUT2D eigenvalue weighted by atomic mass is 16.1. The summed E-state index contributed by atoms with van der Waals surface area (Å²) < 4.78 is 0. The fraction of sp³-hybridized carbons (Fsp3) is 0.118. The Morgan fingerprint density at radius 3 is 2.11 bits per heavy atom. The Hall–Kier alpha value is -2.15. The van der Waals surface area contributed by atoms with E-state index in [2.05, 4.69) is 37.3 Å². The zero-order chi connectivity index (χ0) is 12.7. The van der Waals surface area contributed by atoms with E-state index in [0.29, 0.717) is 0 Å². The van der Waals surface area contributed by atoms with Gasteiger partial charge in [0.25, 0.3) is 0 Å². The standard InChI is InChI=1S/C17H14O/c1-11-3-7-16-14(9-11)4-5-15-10-13(12(2)18)6-8-17(15)16/h3-10H,1-2H3. The molecule has 0 atom stereocenters. The third-order valence-corrected chi connectivity index (χ3v) is 3.40. The Bertz CT molecular complexity index is 769. The van der Waals surface area contributed by atoms with Crippen LogP contribution >= 0.6 is 0 Å². The van der Waals surface area contributed by atoms with Gasteiger partial charge in [-0.25, -0.2) is 0 Å². The van der Waals surface area contributed by atoms with E-state index in [1.165, 1.54) is 21.7 Å². The minimum atomic E-state index is 0.112. The second kappa shape index (κ2) is 3.95. The molecule has 1 nitrogen and oxygen atoms in total. The SMILES string of the molecule is CC(=O)c1ccc2c(ccc3cc(C)ccc32)c1. The molecule has 0 N–H and O–H groups in total. The summed E-state index contributed by atoms with van der Waals surface area (Å²) in [5.41, 5.74) is 2.04. The maximum Gasteiger partial charge on any atom is 0.159 e. The summed E-state index contributed by atoms with van der Waals surface area (Å²) in [5, 5.41) is 4.82. The number of hydrogen-bond donors (Lipinski definition) is 0. The summed E-state index contributed by atoms with van der Waals surface area (Å²) in [4.78, 5) is 11.4. The maximum absolute atomic E-state index is 11.4. The third kappa shape index (κ3) is 1.68. The predicted molar refractivity (Wildman–Crippen MR) is 76.2 cm³/mol. The van der Waals surface area contributed by atoms with Crippen molar-refractivity contribution >= 4 is 27.3 Å². The molecule has 0 aromatic heterocycles. The zero-order valence-electron chi connectivity index (χ0n) is 10.5. The van der Waals surface area contributed by atoms with Crippen LogP contribution in [0.25, 0.3) is 21.5 Å². The summed E-state index contributed by atoms with van der Waals surface area (Å²) in [7, 11) is 0. The Morgan fingerprint density at radius 2 is 1.44 bits per heavy atom. The Balaban J connectivity index is 2.38. The van der Waals surface area contributed by atoms with Gasteiger partial charge in [0, 0.05) is 5.56 Å². The molecule has 0 spiro atoms. The molecule has 1 heteroatoms. The van der Waals surface area contributed by atoms with Gasteiger partial charge in [-0.2, -0.15) is 0 Å². The molecule has 0 aliphatic carbocycles. The quantitative estimate of drug-likeness (QED) is 0.447. The lowest BCUT2D eigenvalue weighted by Crippen LogP contribution is -1.91. The summed E-state index contributed by atoms with van der Waals surface area (Å²) in [6.45, 7) is 3.70. The Morgan fingerprint density at radius 1 is 0.833 bits per heavy atom. The van der Waals surface area contributed by atoms with Gasteiger partial charge in [-0.3, -0.25) is 4.79 Å². The van der Waals surface area contributed by atoms with Gasteiger partial charge in [-0.05, 0) is 41.5 Å². The third-order valence-electron chi connectivity index (χ3n) is 3.40. The number of Topliss-reactive ketones (excluding diaryl/α,β-unsaturated/α-hetero) is 1. The molecule has 0 unspecified atom stereocenters. The molecule has 3 rings (SSSR count). The van der Waals surface area contributed by atoms with Crippen LogP contribution in [0.4, 0.5) is 0 Å². The van der Waals surface area contributed by atoms with Gasteiger partial charge >= 0.3 is 0 Å². The Kier molecular flexibility index (Phi) is 2.41. The summed E-state index contributed by atoms with van der Waals surface area (Å²) >= 11 is 0. The van der Waals surface area contributed by atoms with Crippen molar-refractivity contribution in [2.75, 3.05) is 0 Å². The predicted octanol–water partition coefficient (Wildman–Crippen LogP) is 4.50. The number of carbonyl (C=O) groups is 1. The average Bonchev–Trinajstić information content (AvgIpc) is 2.37. The number of hydrogen-bond acceptors (Lipinski definition) is 1. The van der Waals surface area contributed by atoms with Crippen molar-refractivity contribution in [1.29, 1.82) is 0 Å². The number of ketones is 1. The van der Waals surface area contributed by atoms with Crippen LogP contribution in [-0.2, 0) is 0 Å². The van der Waals surface area contributed by atoms with Crippen LogP contribution in [-0.4, -0.2) is 5.78 Å². The molecule has 0 fully saturated rings. The summed E-state index contributed by atoms with van der Waals surface area (Å²) in [5.74, 6) is 0.112. The van der Waals surface area contributed by atoms with Crippen LogP contribution in [0.1, 0.15) is 22.8 Å². The monoisotopic (exact) mass is 234 g/mol. The molecule has 0 saturated carbocycles. The molecule has 3 aromatic rings. The van der Waals surface area contributed by atoms with Crippen LogP contribution in [0.5, 0.6) is 0 Å². The molecule has 0 aliphatic heterocycles. The lowest BCUT2D eigenvalue weighted by molar-refractivity contribution is 0.101. The molecule has 0 heterocycles. The lowest BCUT2D eigenvalue weighted by atomic mass is 9.98. The molecule has 0 amide bonds. The molecule has 3 aromatic carbocycles. The van der Waals surface area contributed by atoms with Gasteiger partial charge in [0.1, 0.15) is 0 Å². The molecule has 0 saturated heterocycles. The molecule has 88 valence electrons. The largest absolute Gasteiger partial charge is 0.295 e. The first-order valence-electron chi connectivity index (χ1n) is 6.09. The summed E-state index contributed by atoms with van der Waals surface area (Å²) in [6.07, 6.45) is 0. The molecular weight excluding hydrogens is 220 g/mol. The first kappa shape index (κ1) is 11.0. The highest BCUT2D eigenvalue weighted by Gasteiger charge is 2.04. The molecule has 0 bridgehead atoms. The van der Waals surface area contributed by atoms with Gasteiger partial charge in [-0.1, -0.05) is 48.0 Å². The van der Waals surface area contributed by atoms with Crippen molar-refractivity contribution in [3.05, 3.63) is 59.7 Å². The van der Waals surface area contributed by atoms with Crippen molar-refractivity contribution in [1.82, 2.24) is 0 Å². The van der Waals surface area contributed by atoms with E-state index in [1.807, 2.05) is 18.2 Å². The van der Waals surface area contributed by atoms with Gasteiger partial charge in [0.2, 0.25) is 0 Å². The fourth-order valence-corrected chi connectivity index (χ4v) is 2.41. The second-order valence-corrected chi connectivity index (χ2v) is 4.78. The van der Waals surface area contributed by atoms with E-state index in [0.717, 1.165) is 10.9 Å². The van der Waals surface area contributed by atoms with Crippen LogP contribution in [0.2, 0.25) is 0 Å². The first-order valence-corrected chi connectivity index (χ1v) is 6.09. The van der Waals surface area contributed by atoms with Gasteiger partial charge < -0.3 is 0 Å². The molecular formula is C17H14O. The minimum Gasteiger partial charge on any atom is -0.295 e. The van der Waals surface area contributed by atoms with Crippen LogP contribution in [0.15, 0.2) is 48.5 Å². The van der Waals surface area contributed by atoms with Gasteiger partial charge in [0.15, 0.2) is 5.78 Å².